The number of ether oxygens (including phenoxy) is 1. The van der Waals surface area contributed by atoms with Gasteiger partial charge in [-0.25, -0.2) is 4.39 Å². The number of carbonyl (C=O) groups is 1. The molecule has 104 valence electrons. The lowest BCUT2D eigenvalue weighted by atomic mass is 10.0. The number of halogens is 2. The quantitative estimate of drug-likeness (QED) is 0.927. The Labute approximate surface area is 117 Å². The van der Waals surface area contributed by atoms with Crippen molar-refractivity contribution >= 4 is 17.5 Å². The fourth-order valence-corrected chi connectivity index (χ4v) is 2.18. The molecule has 0 aliphatic carbocycles. The predicted octanol–water partition coefficient (Wildman–Crippen LogP) is 3.03. The smallest absolute Gasteiger partial charge is 0.257 e. The molecule has 2 atom stereocenters. The summed E-state index contributed by atoms with van der Waals surface area (Å²) in [4.78, 5) is 11.7. The fourth-order valence-electron chi connectivity index (χ4n) is 2.06. The minimum atomic E-state index is -1.88. The van der Waals surface area contributed by atoms with Gasteiger partial charge in [-0.3, -0.25) is 4.79 Å². The van der Waals surface area contributed by atoms with E-state index >= 15 is 0 Å². The SMILES string of the molecule is CC(C)(F)C(=O)N[C@H]1CCO[C@H]1c1ccc(Cl)cc1. The highest BCUT2D eigenvalue weighted by atomic mass is 35.5. The van der Waals surface area contributed by atoms with Crippen molar-refractivity contribution < 1.29 is 13.9 Å². The number of carbonyl (C=O) groups excluding carboxylic acids is 1. The first-order valence-corrected chi connectivity index (χ1v) is 6.62. The molecule has 0 spiro atoms. The van der Waals surface area contributed by atoms with Gasteiger partial charge in [-0.1, -0.05) is 23.7 Å². The van der Waals surface area contributed by atoms with Crippen LogP contribution in [0.1, 0.15) is 31.9 Å². The maximum absolute atomic E-state index is 13.5. The largest absolute Gasteiger partial charge is 0.371 e. The zero-order valence-electron chi connectivity index (χ0n) is 11.0. The van der Waals surface area contributed by atoms with E-state index in [1.165, 1.54) is 13.8 Å². The van der Waals surface area contributed by atoms with Crippen LogP contribution in [-0.2, 0) is 9.53 Å². The molecule has 1 aromatic carbocycles. The maximum Gasteiger partial charge on any atom is 0.257 e. The average molecular weight is 286 g/mol. The molecule has 1 aromatic rings. The van der Waals surface area contributed by atoms with Gasteiger partial charge in [0.05, 0.1) is 6.04 Å². The van der Waals surface area contributed by atoms with E-state index in [4.69, 9.17) is 16.3 Å². The normalized spacial score (nSPS) is 23.4. The van der Waals surface area contributed by atoms with Gasteiger partial charge in [0.2, 0.25) is 0 Å². The summed E-state index contributed by atoms with van der Waals surface area (Å²) >= 11 is 5.84. The molecule has 1 fully saturated rings. The minimum Gasteiger partial charge on any atom is -0.371 e. The van der Waals surface area contributed by atoms with Crippen molar-refractivity contribution in [3.63, 3.8) is 0 Å². The summed E-state index contributed by atoms with van der Waals surface area (Å²) in [6, 6.07) is 7.06. The van der Waals surface area contributed by atoms with E-state index < -0.39 is 11.6 Å². The van der Waals surface area contributed by atoms with Gasteiger partial charge in [0.1, 0.15) is 6.10 Å². The predicted molar refractivity (Wildman–Crippen MR) is 71.9 cm³/mol. The molecule has 0 saturated carbocycles. The topological polar surface area (TPSA) is 38.3 Å². The third kappa shape index (κ3) is 3.45. The Balaban J connectivity index is 2.09. The van der Waals surface area contributed by atoms with E-state index in [2.05, 4.69) is 5.32 Å². The molecule has 2 rings (SSSR count). The fraction of sp³-hybridized carbons (Fsp3) is 0.500. The molecule has 1 N–H and O–H groups in total. The molecule has 0 bridgehead atoms. The summed E-state index contributed by atoms with van der Waals surface area (Å²) in [5.74, 6) is -0.609. The third-order valence-electron chi connectivity index (χ3n) is 3.15. The zero-order chi connectivity index (χ0) is 14.0. The number of nitrogens with one attached hydrogen (secondary N) is 1. The van der Waals surface area contributed by atoms with Gasteiger partial charge in [0.15, 0.2) is 5.67 Å². The standard InChI is InChI=1S/C14H17ClFNO2/c1-14(2,16)13(18)17-11-7-8-19-12(11)9-3-5-10(15)6-4-9/h3-6,11-12H,7-8H2,1-2H3,(H,17,18)/t11-,12-/m0/s1. The molecule has 0 aromatic heterocycles. The van der Waals surface area contributed by atoms with Crippen LogP contribution in [0.5, 0.6) is 0 Å². The number of rotatable bonds is 3. The number of benzene rings is 1. The van der Waals surface area contributed by atoms with Gasteiger partial charge in [-0.05, 0) is 38.0 Å². The molecular formula is C14H17ClFNO2. The van der Waals surface area contributed by atoms with Crippen LogP contribution in [0.4, 0.5) is 4.39 Å². The van der Waals surface area contributed by atoms with E-state index in [1.807, 2.05) is 12.1 Å². The highest BCUT2D eigenvalue weighted by Gasteiger charge is 2.35. The van der Waals surface area contributed by atoms with E-state index in [-0.39, 0.29) is 12.1 Å². The summed E-state index contributed by atoms with van der Waals surface area (Å²) in [5.41, 5.74) is -0.948. The van der Waals surface area contributed by atoms with Crippen LogP contribution in [-0.4, -0.2) is 24.2 Å². The van der Waals surface area contributed by atoms with Crippen molar-refractivity contribution in [3.8, 4) is 0 Å². The second kappa shape index (κ2) is 5.47. The monoisotopic (exact) mass is 285 g/mol. The van der Waals surface area contributed by atoms with Crippen molar-refractivity contribution in [2.45, 2.75) is 38.1 Å². The van der Waals surface area contributed by atoms with Gasteiger partial charge in [-0.2, -0.15) is 0 Å². The number of hydrogen-bond donors (Lipinski definition) is 1. The summed E-state index contributed by atoms with van der Waals surface area (Å²) < 4.78 is 19.2. The molecule has 1 saturated heterocycles. The molecule has 0 radical (unpaired) electrons. The molecule has 3 nitrogen and oxygen atoms in total. The van der Waals surface area contributed by atoms with Gasteiger partial charge in [0.25, 0.3) is 5.91 Å². The molecular weight excluding hydrogens is 269 g/mol. The number of hydrogen-bond acceptors (Lipinski definition) is 2. The molecule has 19 heavy (non-hydrogen) atoms. The Morgan fingerprint density at radius 3 is 2.63 bits per heavy atom. The Morgan fingerprint density at radius 1 is 1.42 bits per heavy atom. The molecule has 0 unspecified atom stereocenters. The molecule has 1 heterocycles. The Bertz CT molecular complexity index is 456. The van der Waals surface area contributed by atoms with Gasteiger partial charge in [-0.15, -0.1) is 0 Å². The molecule has 5 heteroatoms. The molecule has 1 amide bonds. The second-order valence-corrected chi connectivity index (χ2v) is 5.62. The van der Waals surface area contributed by atoms with E-state index in [9.17, 15) is 9.18 Å². The van der Waals surface area contributed by atoms with Gasteiger partial charge < -0.3 is 10.1 Å². The number of amides is 1. The number of alkyl halides is 1. The van der Waals surface area contributed by atoms with Gasteiger partial charge in [0, 0.05) is 11.6 Å². The van der Waals surface area contributed by atoms with Crippen LogP contribution in [0.2, 0.25) is 5.02 Å². The average Bonchev–Trinajstić information content (AvgIpc) is 2.77. The third-order valence-corrected chi connectivity index (χ3v) is 3.40. The van der Waals surface area contributed by atoms with E-state index in [0.29, 0.717) is 18.1 Å². The lowest BCUT2D eigenvalue weighted by Gasteiger charge is -2.23. The van der Waals surface area contributed by atoms with Crippen molar-refractivity contribution in [1.82, 2.24) is 5.32 Å². The van der Waals surface area contributed by atoms with E-state index in [1.54, 1.807) is 12.1 Å². The van der Waals surface area contributed by atoms with Crippen LogP contribution in [0.3, 0.4) is 0 Å². The van der Waals surface area contributed by atoms with Crippen LogP contribution in [0, 0.1) is 0 Å². The Morgan fingerprint density at radius 2 is 2.05 bits per heavy atom. The van der Waals surface area contributed by atoms with Crippen molar-refractivity contribution in [1.29, 1.82) is 0 Å². The zero-order valence-corrected chi connectivity index (χ0v) is 11.7. The maximum atomic E-state index is 13.5. The van der Waals surface area contributed by atoms with Crippen LogP contribution in [0.15, 0.2) is 24.3 Å². The summed E-state index contributed by atoms with van der Waals surface area (Å²) in [7, 11) is 0. The van der Waals surface area contributed by atoms with E-state index in [0.717, 1.165) is 5.56 Å². The van der Waals surface area contributed by atoms with Crippen molar-refractivity contribution in [2.24, 2.45) is 0 Å². The highest BCUT2D eigenvalue weighted by Crippen LogP contribution is 2.30. The molecule has 1 aliphatic rings. The summed E-state index contributed by atoms with van der Waals surface area (Å²) in [6.45, 7) is 3.04. The minimum absolute atomic E-state index is 0.205. The summed E-state index contributed by atoms with van der Waals surface area (Å²) in [6.07, 6.45) is 0.429. The first kappa shape index (κ1) is 14.3. The van der Waals surface area contributed by atoms with Crippen LogP contribution < -0.4 is 5.32 Å². The first-order chi connectivity index (χ1) is 8.88. The van der Waals surface area contributed by atoms with Crippen molar-refractivity contribution in [3.05, 3.63) is 34.9 Å². The Kier molecular flexibility index (Phi) is 4.11. The highest BCUT2D eigenvalue weighted by molar-refractivity contribution is 6.30. The lowest BCUT2D eigenvalue weighted by molar-refractivity contribution is -0.132. The Hall–Kier alpha value is -1.13. The van der Waals surface area contributed by atoms with Crippen LogP contribution in [0.25, 0.3) is 0 Å². The van der Waals surface area contributed by atoms with Crippen LogP contribution >= 0.6 is 11.6 Å². The van der Waals surface area contributed by atoms with Crippen molar-refractivity contribution in [2.75, 3.05) is 6.61 Å². The van der Waals surface area contributed by atoms with Gasteiger partial charge >= 0.3 is 0 Å². The first-order valence-electron chi connectivity index (χ1n) is 6.25. The summed E-state index contributed by atoms with van der Waals surface area (Å²) in [5, 5.41) is 3.36. The lowest BCUT2D eigenvalue weighted by Crippen LogP contribution is -2.45. The second-order valence-electron chi connectivity index (χ2n) is 5.18. The molecule has 1 aliphatic heterocycles.